The lowest BCUT2D eigenvalue weighted by molar-refractivity contribution is 0.0787. The van der Waals surface area contributed by atoms with E-state index in [2.05, 4.69) is 15.3 Å². The molecule has 0 atom stereocenters. The van der Waals surface area contributed by atoms with Crippen LogP contribution in [0.1, 0.15) is 36.2 Å². The fraction of sp³-hybridized carbons (Fsp3) is 0.389. The maximum atomic E-state index is 12.7. The van der Waals surface area contributed by atoms with Crippen LogP contribution in [0.4, 0.5) is 5.82 Å². The average Bonchev–Trinajstić information content (AvgIpc) is 3.24. The highest BCUT2D eigenvalue weighted by Gasteiger charge is 2.25. The van der Waals surface area contributed by atoms with Crippen molar-refractivity contribution in [2.75, 3.05) is 18.4 Å². The Hall–Kier alpha value is -2.43. The summed E-state index contributed by atoms with van der Waals surface area (Å²) >= 11 is 0. The lowest BCUT2D eigenvalue weighted by Crippen LogP contribution is -2.28. The molecule has 5 heteroatoms. The SMILES string of the molecule is O=C(c1cc(NC2CC2)nc(-c2ccccc2)n1)N1CCCC1. The largest absolute Gasteiger partial charge is 0.367 e. The number of carbonyl (C=O) groups is 1. The Balaban J connectivity index is 1.70. The summed E-state index contributed by atoms with van der Waals surface area (Å²) in [7, 11) is 0. The molecule has 1 aliphatic carbocycles. The quantitative estimate of drug-likeness (QED) is 0.943. The summed E-state index contributed by atoms with van der Waals surface area (Å²) in [5.41, 5.74) is 1.42. The first kappa shape index (κ1) is 14.2. The minimum absolute atomic E-state index is 0.0147. The van der Waals surface area contributed by atoms with Gasteiger partial charge in [0.05, 0.1) is 0 Å². The molecule has 2 aliphatic rings. The first-order valence-corrected chi connectivity index (χ1v) is 8.30. The zero-order chi connectivity index (χ0) is 15.6. The summed E-state index contributed by atoms with van der Waals surface area (Å²) < 4.78 is 0. The first-order chi connectivity index (χ1) is 11.3. The molecule has 1 N–H and O–H groups in total. The smallest absolute Gasteiger partial charge is 0.272 e. The first-order valence-electron chi connectivity index (χ1n) is 8.30. The predicted octanol–water partition coefficient (Wildman–Crippen LogP) is 2.95. The highest BCUT2D eigenvalue weighted by Crippen LogP contribution is 2.26. The van der Waals surface area contributed by atoms with Crippen LogP contribution in [0.25, 0.3) is 11.4 Å². The Morgan fingerprint density at radius 3 is 2.52 bits per heavy atom. The zero-order valence-electron chi connectivity index (χ0n) is 13.0. The molecular formula is C18H20N4O. The number of hydrogen-bond acceptors (Lipinski definition) is 4. The van der Waals surface area contributed by atoms with Gasteiger partial charge in [0, 0.05) is 30.8 Å². The van der Waals surface area contributed by atoms with E-state index in [0.717, 1.165) is 37.3 Å². The third kappa shape index (κ3) is 3.18. The Labute approximate surface area is 135 Å². The van der Waals surface area contributed by atoms with Gasteiger partial charge in [0.25, 0.3) is 5.91 Å². The van der Waals surface area contributed by atoms with Gasteiger partial charge in [-0.3, -0.25) is 4.79 Å². The molecule has 4 rings (SSSR count). The van der Waals surface area contributed by atoms with Crippen LogP contribution >= 0.6 is 0 Å². The second kappa shape index (κ2) is 5.99. The maximum absolute atomic E-state index is 12.7. The lowest BCUT2D eigenvalue weighted by atomic mass is 10.2. The van der Waals surface area contributed by atoms with Crippen molar-refractivity contribution in [2.45, 2.75) is 31.7 Å². The Morgan fingerprint density at radius 1 is 1.09 bits per heavy atom. The van der Waals surface area contributed by atoms with Gasteiger partial charge in [0.1, 0.15) is 11.5 Å². The number of carbonyl (C=O) groups excluding carboxylic acids is 1. The minimum atomic E-state index is 0.0147. The number of rotatable bonds is 4. The van der Waals surface area contributed by atoms with Gasteiger partial charge in [-0.15, -0.1) is 0 Å². The second-order valence-corrected chi connectivity index (χ2v) is 6.25. The Kier molecular flexibility index (Phi) is 3.69. The molecule has 1 saturated carbocycles. The lowest BCUT2D eigenvalue weighted by Gasteiger charge is -2.16. The third-order valence-corrected chi connectivity index (χ3v) is 4.30. The molecule has 2 heterocycles. The third-order valence-electron chi connectivity index (χ3n) is 4.30. The summed E-state index contributed by atoms with van der Waals surface area (Å²) in [5, 5.41) is 3.39. The van der Waals surface area contributed by atoms with Crippen LogP contribution in [0.2, 0.25) is 0 Å². The van der Waals surface area contributed by atoms with Crippen LogP contribution in [0.15, 0.2) is 36.4 Å². The van der Waals surface area contributed by atoms with Gasteiger partial charge >= 0.3 is 0 Å². The second-order valence-electron chi connectivity index (χ2n) is 6.25. The van der Waals surface area contributed by atoms with E-state index in [9.17, 15) is 4.79 Å². The number of nitrogens with zero attached hydrogens (tertiary/aromatic N) is 3. The predicted molar refractivity (Wildman–Crippen MR) is 89.3 cm³/mol. The molecule has 2 aromatic rings. The molecule has 1 aliphatic heterocycles. The summed E-state index contributed by atoms with van der Waals surface area (Å²) in [6.45, 7) is 1.66. The monoisotopic (exact) mass is 308 g/mol. The van der Waals surface area contributed by atoms with Crippen molar-refractivity contribution >= 4 is 11.7 Å². The van der Waals surface area contributed by atoms with Crippen molar-refractivity contribution in [3.63, 3.8) is 0 Å². The molecule has 0 spiro atoms. The van der Waals surface area contributed by atoms with Crippen LogP contribution in [-0.2, 0) is 0 Å². The molecule has 118 valence electrons. The van der Waals surface area contributed by atoms with E-state index >= 15 is 0 Å². The summed E-state index contributed by atoms with van der Waals surface area (Å²) in [4.78, 5) is 23.7. The molecule has 5 nitrogen and oxygen atoms in total. The van der Waals surface area contributed by atoms with Crippen LogP contribution in [0.5, 0.6) is 0 Å². The highest BCUT2D eigenvalue weighted by molar-refractivity contribution is 5.93. The highest BCUT2D eigenvalue weighted by atomic mass is 16.2. The molecule has 1 aromatic heterocycles. The molecule has 0 bridgehead atoms. The molecule has 1 amide bonds. The van der Waals surface area contributed by atoms with Crippen LogP contribution in [-0.4, -0.2) is 39.9 Å². The molecule has 1 saturated heterocycles. The van der Waals surface area contributed by atoms with E-state index in [1.165, 1.54) is 12.8 Å². The number of likely N-dealkylation sites (tertiary alicyclic amines) is 1. The average molecular weight is 308 g/mol. The van der Waals surface area contributed by atoms with Crippen molar-refractivity contribution in [3.8, 4) is 11.4 Å². The molecule has 2 fully saturated rings. The van der Waals surface area contributed by atoms with E-state index in [-0.39, 0.29) is 5.91 Å². The zero-order valence-corrected chi connectivity index (χ0v) is 13.0. The molecule has 0 unspecified atom stereocenters. The number of amides is 1. The molecule has 23 heavy (non-hydrogen) atoms. The maximum Gasteiger partial charge on any atom is 0.272 e. The number of aromatic nitrogens is 2. The van der Waals surface area contributed by atoms with Crippen molar-refractivity contribution < 1.29 is 4.79 Å². The van der Waals surface area contributed by atoms with Gasteiger partial charge in [0.2, 0.25) is 0 Å². The molecular weight excluding hydrogens is 288 g/mol. The van der Waals surface area contributed by atoms with E-state index in [1.807, 2.05) is 35.2 Å². The van der Waals surface area contributed by atoms with E-state index < -0.39 is 0 Å². The van der Waals surface area contributed by atoms with Gasteiger partial charge in [-0.25, -0.2) is 9.97 Å². The van der Waals surface area contributed by atoms with Crippen LogP contribution in [0.3, 0.4) is 0 Å². The van der Waals surface area contributed by atoms with Gasteiger partial charge in [-0.2, -0.15) is 0 Å². The Bertz CT molecular complexity index is 706. The van der Waals surface area contributed by atoms with E-state index in [0.29, 0.717) is 17.6 Å². The number of benzene rings is 1. The fourth-order valence-corrected chi connectivity index (χ4v) is 2.87. The molecule has 1 aromatic carbocycles. The Morgan fingerprint density at radius 2 is 1.83 bits per heavy atom. The molecule has 0 radical (unpaired) electrons. The van der Waals surface area contributed by atoms with Crippen molar-refractivity contribution in [2.24, 2.45) is 0 Å². The van der Waals surface area contributed by atoms with Crippen molar-refractivity contribution in [3.05, 3.63) is 42.1 Å². The number of nitrogens with one attached hydrogen (secondary N) is 1. The summed E-state index contributed by atoms with van der Waals surface area (Å²) in [5.74, 6) is 1.38. The number of anilines is 1. The van der Waals surface area contributed by atoms with Gasteiger partial charge in [-0.05, 0) is 25.7 Å². The standard InChI is InChI=1S/C18H20N4O/c23-18(22-10-4-5-11-22)15-12-16(19-14-8-9-14)21-17(20-15)13-6-2-1-3-7-13/h1-3,6-7,12,14H,4-5,8-11H2,(H,19,20,21). The summed E-state index contributed by atoms with van der Waals surface area (Å²) in [6.07, 6.45) is 4.49. The number of hydrogen-bond donors (Lipinski definition) is 1. The normalized spacial score (nSPS) is 17.3. The van der Waals surface area contributed by atoms with Gasteiger partial charge in [0.15, 0.2) is 5.82 Å². The fourth-order valence-electron chi connectivity index (χ4n) is 2.87. The van der Waals surface area contributed by atoms with Crippen LogP contribution in [0, 0.1) is 0 Å². The minimum Gasteiger partial charge on any atom is -0.367 e. The topological polar surface area (TPSA) is 58.1 Å². The summed E-state index contributed by atoms with van der Waals surface area (Å²) in [6, 6.07) is 12.1. The van der Waals surface area contributed by atoms with Gasteiger partial charge < -0.3 is 10.2 Å². The van der Waals surface area contributed by atoms with Gasteiger partial charge in [-0.1, -0.05) is 30.3 Å². The van der Waals surface area contributed by atoms with Crippen molar-refractivity contribution in [1.82, 2.24) is 14.9 Å². The van der Waals surface area contributed by atoms with Crippen molar-refractivity contribution in [1.29, 1.82) is 0 Å². The van der Waals surface area contributed by atoms with Crippen LogP contribution < -0.4 is 5.32 Å². The van der Waals surface area contributed by atoms with E-state index in [1.54, 1.807) is 6.07 Å². The van der Waals surface area contributed by atoms with E-state index in [4.69, 9.17) is 0 Å².